The molecule has 0 aliphatic heterocycles. The van der Waals surface area contributed by atoms with Crippen LogP contribution in [0, 0.1) is 0 Å². The van der Waals surface area contributed by atoms with Crippen molar-refractivity contribution in [2.45, 2.75) is 0 Å². The molecular formula is C12H10N2OS. The van der Waals surface area contributed by atoms with E-state index < -0.39 is 0 Å². The first-order valence-electron chi connectivity index (χ1n) is 4.94. The van der Waals surface area contributed by atoms with Gasteiger partial charge in [-0.15, -0.1) is 11.3 Å². The highest BCUT2D eigenvalue weighted by Crippen LogP contribution is 2.33. The van der Waals surface area contributed by atoms with Crippen molar-refractivity contribution in [3.8, 4) is 17.3 Å². The van der Waals surface area contributed by atoms with Crippen molar-refractivity contribution >= 4 is 21.4 Å². The van der Waals surface area contributed by atoms with Gasteiger partial charge in [-0.05, 0) is 6.07 Å². The lowest BCUT2D eigenvalue weighted by atomic mass is 10.1. The normalized spacial score (nSPS) is 10.8. The molecule has 0 unspecified atom stereocenters. The molecule has 0 bridgehead atoms. The van der Waals surface area contributed by atoms with Crippen LogP contribution < -0.4 is 4.74 Å². The molecule has 0 saturated heterocycles. The molecule has 2 aromatic heterocycles. The Kier molecular flexibility index (Phi) is 2.15. The summed E-state index contributed by atoms with van der Waals surface area (Å²) in [4.78, 5) is 7.26. The SMILES string of the molecule is COc1ncc(-c2csc3ccccc23)[nH]1. The molecule has 3 rings (SSSR count). The van der Waals surface area contributed by atoms with Crippen LogP contribution in [-0.2, 0) is 0 Å². The summed E-state index contributed by atoms with van der Waals surface area (Å²) in [5.74, 6) is 0. The number of nitrogens with zero attached hydrogens (tertiary/aromatic N) is 1. The van der Waals surface area contributed by atoms with Gasteiger partial charge in [-0.3, -0.25) is 0 Å². The van der Waals surface area contributed by atoms with E-state index in [2.05, 4.69) is 33.5 Å². The van der Waals surface area contributed by atoms with Crippen LogP contribution in [0.4, 0.5) is 0 Å². The summed E-state index contributed by atoms with van der Waals surface area (Å²) in [7, 11) is 1.61. The third-order valence-electron chi connectivity index (χ3n) is 2.52. The molecule has 2 heterocycles. The average molecular weight is 230 g/mol. The lowest BCUT2D eigenvalue weighted by molar-refractivity contribution is 0.384. The molecule has 0 aliphatic rings. The summed E-state index contributed by atoms with van der Waals surface area (Å²) in [6.07, 6.45) is 1.80. The molecule has 16 heavy (non-hydrogen) atoms. The van der Waals surface area contributed by atoms with Gasteiger partial charge >= 0.3 is 0 Å². The fourth-order valence-electron chi connectivity index (χ4n) is 1.73. The molecule has 0 atom stereocenters. The number of rotatable bonds is 2. The van der Waals surface area contributed by atoms with Gasteiger partial charge in [-0.1, -0.05) is 18.2 Å². The molecule has 1 N–H and O–H groups in total. The smallest absolute Gasteiger partial charge is 0.293 e. The lowest BCUT2D eigenvalue weighted by Crippen LogP contribution is -1.83. The number of hydrogen-bond acceptors (Lipinski definition) is 3. The van der Waals surface area contributed by atoms with E-state index in [1.807, 2.05) is 6.07 Å². The Labute approximate surface area is 96.7 Å². The van der Waals surface area contributed by atoms with E-state index in [4.69, 9.17) is 4.74 Å². The van der Waals surface area contributed by atoms with E-state index in [0.717, 1.165) is 5.69 Å². The van der Waals surface area contributed by atoms with E-state index in [1.54, 1.807) is 24.6 Å². The second kappa shape index (κ2) is 3.64. The van der Waals surface area contributed by atoms with Crippen molar-refractivity contribution in [2.75, 3.05) is 7.11 Å². The maximum absolute atomic E-state index is 5.04. The maximum atomic E-state index is 5.04. The number of hydrogen-bond donors (Lipinski definition) is 1. The minimum absolute atomic E-state index is 0.547. The minimum Gasteiger partial charge on any atom is -0.468 e. The summed E-state index contributed by atoms with van der Waals surface area (Å²) >= 11 is 1.74. The van der Waals surface area contributed by atoms with Gasteiger partial charge in [0, 0.05) is 21.0 Å². The molecular weight excluding hydrogens is 220 g/mol. The molecule has 4 heteroatoms. The van der Waals surface area contributed by atoms with Crippen LogP contribution in [0.3, 0.4) is 0 Å². The molecule has 3 nitrogen and oxygen atoms in total. The summed E-state index contributed by atoms with van der Waals surface area (Å²) in [6.45, 7) is 0. The van der Waals surface area contributed by atoms with E-state index in [1.165, 1.54) is 15.6 Å². The molecule has 0 aliphatic carbocycles. The Bertz CT molecular complexity index is 627. The van der Waals surface area contributed by atoms with Crippen LogP contribution in [-0.4, -0.2) is 17.1 Å². The Morgan fingerprint density at radius 2 is 2.19 bits per heavy atom. The molecule has 0 fully saturated rings. The topological polar surface area (TPSA) is 37.9 Å². The zero-order valence-electron chi connectivity index (χ0n) is 8.73. The van der Waals surface area contributed by atoms with Gasteiger partial charge in [0.2, 0.25) is 0 Å². The first-order chi connectivity index (χ1) is 7.88. The molecule has 3 aromatic rings. The number of fused-ring (bicyclic) bond motifs is 1. The van der Waals surface area contributed by atoms with Crippen molar-refractivity contribution in [1.82, 2.24) is 9.97 Å². The maximum Gasteiger partial charge on any atom is 0.293 e. The number of nitrogens with one attached hydrogen (secondary N) is 1. The number of H-pyrrole nitrogens is 1. The highest BCUT2D eigenvalue weighted by Gasteiger charge is 2.08. The molecule has 0 radical (unpaired) electrons. The molecule has 0 saturated carbocycles. The minimum atomic E-state index is 0.547. The third-order valence-corrected chi connectivity index (χ3v) is 3.48. The van der Waals surface area contributed by atoms with Gasteiger partial charge in [0.05, 0.1) is 19.0 Å². The van der Waals surface area contributed by atoms with Crippen molar-refractivity contribution in [3.63, 3.8) is 0 Å². The van der Waals surface area contributed by atoms with E-state index in [9.17, 15) is 0 Å². The Morgan fingerprint density at radius 1 is 1.31 bits per heavy atom. The third kappa shape index (κ3) is 1.39. The van der Waals surface area contributed by atoms with Crippen LogP contribution in [0.1, 0.15) is 0 Å². The number of ether oxygens (including phenoxy) is 1. The van der Waals surface area contributed by atoms with E-state index in [0.29, 0.717) is 6.01 Å². The number of aromatic nitrogens is 2. The number of imidazole rings is 1. The van der Waals surface area contributed by atoms with Gasteiger partial charge in [-0.25, -0.2) is 4.98 Å². The highest BCUT2D eigenvalue weighted by molar-refractivity contribution is 7.17. The standard InChI is InChI=1S/C12H10N2OS/c1-15-12-13-6-10(14-12)9-7-16-11-5-3-2-4-8(9)11/h2-7H,1H3,(H,13,14). The van der Waals surface area contributed by atoms with Crippen molar-refractivity contribution in [3.05, 3.63) is 35.8 Å². The predicted octanol–water partition coefficient (Wildman–Crippen LogP) is 3.30. The summed E-state index contributed by atoms with van der Waals surface area (Å²) < 4.78 is 6.33. The average Bonchev–Trinajstić information content (AvgIpc) is 2.94. The highest BCUT2D eigenvalue weighted by atomic mass is 32.1. The van der Waals surface area contributed by atoms with E-state index >= 15 is 0 Å². The van der Waals surface area contributed by atoms with Crippen molar-refractivity contribution < 1.29 is 4.74 Å². The summed E-state index contributed by atoms with van der Waals surface area (Å²) in [5.41, 5.74) is 2.17. The number of thiophene rings is 1. The second-order valence-corrected chi connectivity index (χ2v) is 4.36. The first-order valence-corrected chi connectivity index (χ1v) is 5.82. The van der Waals surface area contributed by atoms with Gasteiger partial charge in [0.25, 0.3) is 6.01 Å². The largest absolute Gasteiger partial charge is 0.468 e. The van der Waals surface area contributed by atoms with Gasteiger partial charge in [-0.2, -0.15) is 0 Å². The van der Waals surface area contributed by atoms with Gasteiger partial charge < -0.3 is 9.72 Å². The van der Waals surface area contributed by atoms with Crippen LogP contribution in [0.5, 0.6) is 6.01 Å². The summed E-state index contributed by atoms with van der Waals surface area (Å²) in [6, 6.07) is 8.89. The fraction of sp³-hybridized carbons (Fsp3) is 0.0833. The van der Waals surface area contributed by atoms with Crippen LogP contribution in [0.15, 0.2) is 35.8 Å². The Balaban J connectivity index is 2.18. The van der Waals surface area contributed by atoms with E-state index in [-0.39, 0.29) is 0 Å². The second-order valence-electron chi connectivity index (χ2n) is 3.45. The van der Waals surface area contributed by atoms with Gasteiger partial charge in [0.1, 0.15) is 0 Å². The number of methoxy groups -OCH3 is 1. The summed E-state index contributed by atoms with van der Waals surface area (Å²) in [5, 5.41) is 3.39. The number of aromatic amines is 1. The fourth-order valence-corrected chi connectivity index (χ4v) is 2.69. The first kappa shape index (κ1) is 9.42. The Morgan fingerprint density at radius 3 is 3.00 bits per heavy atom. The van der Waals surface area contributed by atoms with Crippen molar-refractivity contribution in [2.24, 2.45) is 0 Å². The quantitative estimate of drug-likeness (QED) is 0.733. The zero-order chi connectivity index (χ0) is 11.0. The van der Waals surface area contributed by atoms with Crippen LogP contribution >= 0.6 is 11.3 Å². The molecule has 0 amide bonds. The van der Waals surface area contributed by atoms with Crippen molar-refractivity contribution in [1.29, 1.82) is 0 Å². The van der Waals surface area contributed by atoms with Gasteiger partial charge in [0.15, 0.2) is 0 Å². The Hall–Kier alpha value is -1.81. The van der Waals surface area contributed by atoms with Crippen LogP contribution in [0.2, 0.25) is 0 Å². The zero-order valence-corrected chi connectivity index (χ0v) is 9.54. The lowest BCUT2D eigenvalue weighted by Gasteiger charge is -1.95. The molecule has 1 aromatic carbocycles. The van der Waals surface area contributed by atoms with Crippen LogP contribution in [0.25, 0.3) is 21.3 Å². The molecule has 80 valence electrons. The molecule has 0 spiro atoms. The number of benzene rings is 1. The predicted molar refractivity (Wildman–Crippen MR) is 66.0 cm³/mol. The monoisotopic (exact) mass is 230 g/mol.